The van der Waals surface area contributed by atoms with E-state index in [9.17, 15) is 13.6 Å². The van der Waals surface area contributed by atoms with Crippen LogP contribution in [0.2, 0.25) is 0 Å². The predicted octanol–water partition coefficient (Wildman–Crippen LogP) is 4.70. The zero-order valence-corrected chi connectivity index (χ0v) is 19.1. The number of hydrogen-bond acceptors (Lipinski definition) is 5. The summed E-state index contributed by atoms with van der Waals surface area (Å²) in [7, 11) is 0. The summed E-state index contributed by atoms with van der Waals surface area (Å²) in [5.74, 6) is 0.237. The Hall–Kier alpha value is -3.19. The van der Waals surface area contributed by atoms with Gasteiger partial charge in [0.1, 0.15) is 11.6 Å². The van der Waals surface area contributed by atoms with Crippen LogP contribution in [0.25, 0.3) is 11.3 Å². The van der Waals surface area contributed by atoms with Crippen molar-refractivity contribution in [1.82, 2.24) is 14.9 Å². The summed E-state index contributed by atoms with van der Waals surface area (Å²) in [4.78, 5) is 26.7. The highest BCUT2D eigenvalue weighted by Gasteiger charge is 2.25. The molecule has 2 aliphatic rings. The number of carbonyl (C=O) groups excluding carboxylic acids is 1. The molecule has 0 unspecified atom stereocenters. The number of piperazine rings is 1. The first-order valence-corrected chi connectivity index (χ1v) is 12.0. The molecule has 0 radical (unpaired) electrons. The lowest BCUT2D eigenvalue weighted by Gasteiger charge is -2.35. The number of rotatable bonds is 7. The van der Waals surface area contributed by atoms with Gasteiger partial charge in [-0.15, -0.1) is 0 Å². The van der Waals surface area contributed by atoms with Gasteiger partial charge >= 0.3 is 0 Å². The van der Waals surface area contributed by atoms with Crippen molar-refractivity contribution in [2.45, 2.75) is 32.1 Å². The van der Waals surface area contributed by atoms with E-state index in [1.165, 1.54) is 29.8 Å². The number of anilines is 1. The molecule has 34 heavy (non-hydrogen) atoms. The van der Waals surface area contributed by atoms with Gasteiger partial charge in [-0.1, -0.05) is 0 Å². The van der Waals surface area contributed by atoms with Gasteiger partial charge in [-0.3, -0.25) is 9.69 Å². The highest BCUT2D eigenvalue weighted by Crippen LogP contribution is 2.32. The zero-order chi connectivity index (χ0) is 23.5. The molecular weight excluding hydrogens is 434 g/mol. The highest BCUT2D eigenvalue weighted by molar-refractivity contribution is 5.95. The number of benzene rings is 2. The fraction of sp³-hybridized carbons (Fsp3) is 0.370. The number of carbonyl (C=O) groups is 1. The van der Waals surface area contributed by atoms with E-state index in [1.54, 1.807) is 24.3 Å². The fourth-order valence-corrected chi connectivity index (χ4v) is 4.82. The molecule has 5 nitrogen and oxygen atoms in total. The lowest BCUT2D eigenvalue weighted by atomic mass is 10.1. The minimum absolute atomic E-state index is 0.0542. The summed E-state index contributed by atoms with van der Waals surface area (Å²) >= 11 is 0. The van der Waals surface area contributed by atoms with Gasteiger partial charge in [-0.25, -0.2) is 18.7 Å². The van der Waals surface area contributed by atoms with Crippen LogP contribution in [0.5, 0.6) is 0 Å². The Labute approximate surface area is 198 Å². The average molecular weight is 463 g/mol. The summed E-state index contributed by atoms with van der Waals surface area (Å²) < 4.78 is 26.5. The third kappa shape index (κ3) is 4.99. The van der Waals surface area contributed by atoms with Gasteiger partial charge in [-0.2, -0.15) is 0 Å². The van der Waals surface area contributed by atoms with E-state index in [2.05, 4.69) is 9.80 Å². The molecule has 0 N–H and O–H groups in total. The molecule has 5 rings (SSSR count). The molecule has 0 atom stereocenters. The molecule has 1 aromatic heterocycles. The second-order valence-electron chi connectivity index (χ2n) is 9.02. The second-order valence-corrected chi connectivity index (χ2v) is 9.02. The third-order valence-electron chi connectivity index (χ3n) is 6.74. The molecule has 176 valence electrons. The van der Waals surface area contributed by atoms with Crippen LogP contribution in [0.4, 0.5) is 14.7 Å². The number of halogens is 2. The first-order chi connectivity index (χ1) is 16.6. The molecule has 1 saturated heterocycles. The van der Waals surface area contributed by atoms with E-state index >= 15 is 0 Å². The normalized spacial score (nSPS) is 16.0. The number of fused-ring (bicyclic) bond motifs is 1. The summed E-state index contributed by atoms with van der Waals surface area (Å²) in [6.45, 7) is 4.28. The number of hydrogen-bond donors (Lipinski definition) is 0. The molecule has 2 heterocycles. The maximum atomic E-state index is 13.4. The van der Waals surface area contributed by atoms with E-state index in [-0.39, 0.29) is 17.4 Å². The van der Waals surface area contributed by atoms with Crippen molar-refractivity contribution in [3.05, 3.63) is 77.0 Å². The topological polar surface area (TPSA) is 49.3 Å². The Morgan fingerprint density at radius 3 is 2.24 bits per heavy atom. The monoisotopic (exact) mass is 462 g/mol. The van der Waals surface area contributed by atoms with E-state index in [0.29, 0.717) is 12.0 Å². The molecule has 2 aromatic carbocycles. The van der Waals surface area contributed by atoms with Gasteiger partial charge in [0.05, 0.1) is 5.69 Å². The van der Waals surface area contributed by atoms with Crippen molar-refractivity contribution >= 4 is 11.7 Å². The van der Waals surface area contributed by atoms with Crippen molar-refractivity contribution in [3.63, 3.8) is 0 Å². The van der Waals surface area contributed by atoms with Crippen molar-refractivity contribution in [3.8, 4) is 11.3 Å². The maximum absolute atomic E-state index is 13.4. The largest absolute Gasteiger partial charge is 0.338 e. The number of aryl methyl sites for hydroxylation is 1. The van der Waals surface area contributed by atoms with E-state index in [0.717, 1.165) is 81.3 Å². The van der Waals surface area contributed by atoms with Crippen molar-refractivity contribution in [2.75, 3.05) is 37.6 Å². The lowest BCUT2D eigenvalue weighted by Crippen LogP contribution is -2.47. The van der Waals surface area contributed by atoms with Gasteiger partial charge in [0.2, 0.25) is 5.95 Å². The van der Waals surface area contributed by atoms with Crippen LogP contribution in [0.3, 0.4) is 0 Å². The zero-order valence-electron chi connectivity index (χ0n) is 19.1. The fourth-order valence-electron chi connectivity index (χ4n) is 4.82. The molecule has 1 fully saturated rings. The van der Waals surface area contributed by atoms with Crippen molar-refractivity contribution in [1.29, 1.82) is 0 Å². The maximum Gasteiger partial charge on any atom is 0.226 e. The summed E-state index contributed by atoms with van der Waals surface area (Å²) in [6, 6.07) is 12.3. The van der Waals surface area contributed by atoms with E-state index in [4.69, 9.17) is 9.97 Å². The van der Waals surface area contributed by atoms with Crippen molar-refractivity contribution in [2.24, 2.45) is 0 Å². The molecule has 1 aliphatic heterocycles. The molecule has 1 aliphatic carbocycles. The smallest absolute Gasteiger partial charge is 0.226 e. The molecule has 0 saturated carbocycles. The van der Waals surface area contributed by atoms with Crippen LogP contribution in [-0.2, 0) is 12.8 Å². The van der Waals surface area contributed by atoms with E-state index in [1.807, 2.05) is 0 Å². The highest BCUT2D eigenvalue weighted by atomic mass is 19.1. The molecule has 0 spiro atoms. The predicted molar refractivity (Wildman–Crippen MR) is 128 cm³/mol. The lowest BCUT2D eigenvalue weighted by molar-refractivity contribution is 0.0974. The van der Waals surface area contributed by atoms with Crippen LogP contribution in [0.1, 0.15) is 40.9 Å². The van der Waals surface area contributed by atoms with Crippen LogP contribution >= 0.6 is 0 Å². The van der Waals surface area contributed by atoms with Gasteiger partial charge in [0.15, 0.2) is 5.78 Å². The minimum Gasteiger partial charge on any atom is -0.338 e. The van der Waals surface area contributed by atoms with Gasteiger partial charge < -0.3 is 4.90 Å². The number of ketones is 1. The Morgan fingerprint density at radius 2 is 1.53 bits per heavy atom. The van der Waals surface area contributed by atoms with E-state index < -0.39 is 0 Å². The first kappa shape index (κ1) is 22.6. The summed E-state index contributed by atoms with van der Waals surface area (Å²) in [5, 5.41) is 0. The Kier molecular flexibility index (Phi) is 6.63. The Bertz CT molecular complexity index is 1160. The van der Waals surface area contributed by atoms with Crippen LogP contribution < -0.4 is 4.90 Å². The van der Waals surface area contributed by atoms with Crippen LogP contribution in [-0.4, -0.2) is 53.4 Å². The minimum atomic E-state index is -0.327. The average Bonchev–Trinajstić information content (AvgIpc) is 3.34. The number of nitrogens with zero attached hydrogens (tertiary/aromatic N) is 4. The Morgan fingerprint density at radius 1 is 0.853 bits per heavy atom. The van der Waals surface area contributed by atoms with Gasteiger partial charge in [-0.05, 0) is 80.8 Å². The first-order valence-electron chi connectivity index (χ1n) is 12.0. The number of aromatic nitrogens is 2. The summed E-state index contributed by atoms with van der Waals surface area (Å²) in [5.41, 5.74) is 4.75. The van der Waals surface area contributed by atoms with Gasteiger partial charge in [0, 0.05) is 55.0 Å². The van der Waals surface area contributed by atoms with Crippen molar-refractivity contribution < 1.29 is 13.6 Å². The second kappa shape index (κ2) is 9.97. The summed E-state index contributed by atoms with van der Waals surface area (Å²) in [6.07, 6.45) is 4.24. The SMILES string of the molecule is O=C(CCCN1CCN(c2nc3c(c(-c4ccc(F)cc4)n2)CCC3)CC1)c1ccc(F)cc1. The molecular formula is C27H28F2N4O. The number of Topliss-reactive ketones (excluding diaryl/α,β-unsaturated/α-hetero) is 1. The van der Waals surface area contributed by atoms with Crippen LogP contribution in [0, 0.1) is 11.6 Å². The molecule has 3 aromatic rings. The molecule has 0 bridgehead atoms. The Balaban J connectivity index is 1.19. The molecule has 0 amide bonds. The third-order valence-corrected chi connectivity index (χ3v) is 6.74. The van der Waals surface area contributed by atoms with Gasteiger partial charge in [0.25, 0.3) is 0 Å². The standard InChI is InChI=1S/C27H28F2N4O/c28-21-10-6-19(7-11-21)25(34)5-2-14-32-15-17-33(18-16-32)27-30-24-4-1-3-23(24)26(31-27)20-8-12-22(29)13-9-20/h6-13H,1-5,14-18H2. The van der Waals surface area contributed by atoms with Crippen LogP contribution in [0.15, 0.2) is 48.5 Å². The quantitative estimate of drug-likeness (QED) is 0.477. The molecule has 7 heteroatoms.